The van der Waals surface area contributed by atoms with E-state index in [1.165, 1.54) is 11.8 Å². The number of amides is 1. The smallest absolute Gasteiger partial charge is 0.226 e. The normalized spacial score (nSPS) is 18.6. The van der Waals surface area contributed by atoms with E-state index in [2.05, 4.69) is 15.5 Å². The fourth-order valence-electron chi connectivity index (χ4n) is 1.39. The Kier molecular flexibility index (Phi) is 3.93. The van der Waals surface area contributed by atoms with Crippen molar-refractivity contribution in [1.29, 1.82) is 0 Å². The van der Waals surface area contributed by atoms with Crippen LogP contribution in [0, 0.1) is 6.92 Å². The summed E-state index contributed by atoms with van der Waals surface area (Å²) in [4.78, 5) is 11.1. The molecule has 0 aliphatic carbocycles. The molecule has 1 amide bonds. The van der Waals surface area contributed by atoms with Crippen molar-refractivity contribution < 1.29 is 4.79 Å². The van der Waals surface area contributed by atoms with E-state index in [-0.39, 0.29) is 5.91 Å². The molecule has 0 unspecified atom stereocenters. The fraction of sp³-hybridized carbons (Fsp3) is 0.250. The van der Waals surface area contributed by atoms with Gasteiger partial charge >= 0.3 is 0 Å². The van der Waals surface area contributed by atoms with Gasteiger partial charge in [-0.05, 0) is 18.1 Å². The molecule has 1 saturated heterocycles. The Morgan fingerprint density at radius 2 is 2.24 bits per heavy atom. The highest BCUT2D eigenvalue weighted by Gasteiger charge is 2.13. The number of nitrogens with one attached hydrogen (secondary N) is 1. The molecular weight excluding hydrogens is 234 g/mol. The second-order valence-corrected chi connectivity index (χ2v) is 4.74. The van der Waals surface area contributed by atoms with Gasteiger partial charge in [-0.3, -0.25) is 4.79 Å². The van der Waals surface area contributed by atoms with Gasteiger partial charge in [0.25, 0.3) is 0 Å². The molecule has 0 saturated carbocycles. The average molecular weight is 247 g/mol. The number of carbonyl (C=O) groups is 1. The van der Waals surface area contributed by atoms with E-state index in [9.17, 15) is 4.79 Å². The Balaban J connectivity index is 2.04. The number of hydrogen-bond donors (Lipinski definition) is 1. The summed E-state index contributed by atoms with van der Waals surface area (Å²) >= 11 is 1.51. The maximum absolute atomic E-state index is 11.1. The number of nitrogens with zero attached hydrogens (tertiary/aromatic N) is 2. The topological polar surface area (TPSA) is 53.8 Å². The quantitative estimate of drug-likeness (QED) is 0.641. The van der Waals surface area contributed by atoms with Crippen LogP contribution in [-0.4, -0.2) is 23.0 Å². The molecule has 0 radical (unpaired) electrons. The van der Waals surface area contributed by atoms with E-state index >= 15 is 0 Å². The fourth-order valence-corrected chi connectivity index (χ4v) is 2.16. The first kappa shape index (κ1) is 11.9. The molecule has 0 bridgehead atoms. The highest BCUT2D eigenvalue weighted by atomic mass is 32.2. The first-order valence-corrected chi connectivity index (χ1v) is 6.33. The number of amidine groups is 1. The van der Waals surface area contributed by atoms with Crippen molar-refractivity contribution >= 4 is 29.1 Å². The monoisotopic (exact) mass is 247 g/mol. The zero-order valence-electron chi connectivity index (χ0n) is 9.51. The molecule has 1 fully saturated rings. The van der Waals surface area contributed by atoms with Gasteiger partial charge < -0.3 is 5.32 Å². The zero-order valence-corrected chi connectivity index (χ0v) is 10.3. The van der Waals surface area contributed by atoms with Crippen LogP contribution in [0.2, 0.25) is 0 Å². The third-order valence-electron chi connectivity index (χ3n) is 2.35. The number of aryl methyl sites for hydroxylation is 1. The largest absolute Gasteiger partial charge is 0.304 e. The lowest BCUT2D eigenvalue weighted by atomic mass is 10.1. The van der Waals surface area contributed by atoms with Crippen molar-refractivity contribution in [3.05, 3.63) is 35.4 Å². The van der Waals surface area contributed by atoms with Gasteiger partial charge in [0.1, 0.15) is 0 Å². The van der Waals surface area contributed by atoms with Gasteiger partial charge in [0, 0.05) is 12.2 Å². The third-order valence-corrected chi connectivity index (χ3v) is 3.21. The van der Waals surface area contributed by atoms with Gasteiger partial charge in [0.2, 0.25) is 5.91 Å². The molecule has 2 rings (SSSR count). The molecule has 0 spiro atoms. The Morgan fingerprint density at radius 1 is 1.41 bits per heavy atom. The zero-order chi connectivity index (χ0) is 12.1. The van der Waals surface area contributed by atoms with Crippen LogP contribution in [0.1, 0.15) is 17.5 Å². The number of carbonyl (C=O) groups excluding carboxylic acids is 1. The Labute approximate surface area is 104 Å². The van der Waals surface area contributed by atoms with Gasteiger partial charge in [-0.1, -0.05) is 36.0 Å². The minimum absolute atomic E-state index is 0.00796. The van der Waals surface area contributed by atoms with Crippen LogP contribution in [-0.2, 0) is 4.79 Å². The lowest BCUT2D eigenvalue weighted by molar-refractivity contribution is -0.119. The van der Waals surface area contributed by atoms with Gasteiger partial charge in [-0.2, -0.15) is 5.10 Å². The molecule has 1 aromatic carbocycles. The Bertz CT molecular complexity index is 482. The predicted molar refractivity (Wildman–Crippen MR) is 71.4 cm³/mol. The summed E-state index contributed by atoms with van der Waals surface area (Å²) in [6, 6.07) is 7.94. The van der Waals surface area contributed by atoms with Crippen LogP contribution >= 0.6 is 11.8 Å². The molecule has 0 atom stereocenters. The van der Waals surface area contributed by atoms with Crippen LogP contribution in [0.5, 0.6) is 0 Å². The molecule has 5 heteroatoms. The number of benzene rings is 1. The van der Waals surface area contributed by atoms with E-state index in [1.807, 2.05) is 31.2 Å². The summed E-state index contributed by atoms with van der Waals surface area (Å²) in [5.74, 6) is 0.776. The van der Waals surface area contributed by atoms with Crippen molar-refractivity contribution in [2.45, 2.75) is 13.3 Å². The summed E-state index contributed by atoms with van der Waals surface area (Å²) in [6.07, 6.45) is 2.24. The van der Waals surface area contributed by atoms with E-state index < -0.39 is 0 Å². The van der Waals surface area contributed by atoms with Crippen LogP contribution in [0.3, 0.4) is 0 Å². The first-order chi connectivity index (χ1) is 8.25. The SMILES string of the molecule is Cc1ccccc1C=N/N=C1\NC(=O)CCS1. The van der Waals surface area contributed by atoms with Crippen molar-refractivity contribution in [3.63, 3.8) is 0 Å². The standard InChI is InChI=1S/C12H13N3OS/c1-9-4-2-3-5-10(9)8-13-15-12-14-11(16)6-7-17-12/h2-5,8H,6-7H2,1H3,(H,14,15,16). The Hall–Kier alpha value is -1.62. The summed E-state index contributed by atoms with van der Waals surface area (Å²) < 4.78 is 0. The number of rotatable bonds is 2. The number of thioether (sulfide) groups is 1. The molecule has 1 heterocycles. The van der Waals surface area contributed by atoms with Crippen LogP contribution in [0.25, 0.3) is 0 Å². The second kappa shape index (κ2) is 5.63. The molecule has 1 N–H and O–H groups in total. The van der Waals surface area contributed by atoms with Crippen LogP contribution in [0.4, 0.5) is 0 Å². The van der Waals surface area contributed by atoms with E-state index in [0.717, 1.165) is 16.9 Å². The van der Waals surface area contributed by atoms with Gasteiger partial charge in [-0.25, -0.2) is 0 Å². The summed E-state index contributed by atoms with van der Waals surface area (Å²) in [5, 5.41) is 11.2. The van der Waals surface area contributed by atoms with E-state index in [1.54, 1.807) is 6.21 Å². The molecule has 1 aliphatic rings. The van der Waals surface area contributed by atoms with Crippen LogP contribution < -0.4 is 5.32 Å². The molecule has 4 nitrogen and oxygen atoms in total. The van der Waals surface area contributed by atoms with Crippen molar-refractivity contribution in [2.24, 2.45) is 10.2 Å². The Morgan fingerprint density at radius 3 is 3.00 bits per heavy atom. The predicted octanol–water partition coefficient (Wildman–Crippen LogP) is 1.94. The molecule has 0 aromatic heterocycles. The molecule has 1 aromatic rings. The van der Waals surface area contributed by atoms with Gasteiger partial charge in [0.15, 0.2) is 5.17 Å². The minimum atomic E-state index is 0.00796. The molecule has 1 aliphatic heterocycles. The van der Waals surface area contributed by atoms with E-state index in [4.69, 9.17) is 0 Å². The first-order valence-electron chi connectivity index (χ1n) is 5.35. The van der Waals surface area contributed by atoms with Gasteiger partial charge in [-0.15, -0.1) is 5.10 Å². The highest BCUT2D eigenvalue weighted by molar-refractivity contribution is 8.14. The number of hydrogen-bond acceptors (Lipinski definition) is 4. The summed E-state index contributed by atoms with van der Waals surface area (Å²) in [6.45, 7) is 2.02. The van der Waals surface area contributed by atoms with Crippen molar-refractivity contribution in [2.75, 3.05) is 5.75 Å². The van der Waals surface area contributed by atoms with Crippen molar-refractivity contribution in [1.82, 2.24) is 5.32 Å². The second-order valence-electron chi connectivity index (χ2n) is 3.65. The average Bonchev–Trinajstić information content (AvgIpc) is 2.32. The van der Waals surface area contributed by atoms with Crippen molar-refractivity contribution in [3.8, 4) is 0 Å². The minimum Gasteiger partial charge on any atom is -0.304 e. The van der Waals surface area contributed by atoms with Gasteiger partial charge in [0.05, 0.1) is 6.21 Å². The molecule has 17 heavy (non-hydrogen) atoms. The third kappa shape index (κ3) is 3.42. The van der Waals surface area contributed by atoms with Crippen LogP contribution in [0.15, 0.2) is 34.5 Å². The lowest BCUT2D eigenvalue weighted by Crippen LogP contribution is -2.32. The summed E-state index contributed by atoms with van der Waals surface area (Å²) in [7, 11) is 0. The maximum Gasteiger partial charge on any atom is 0.226 e. The highest BCUT2D eigenvalue weighted by Crippen LogP contribution is 2.10. The van der Waals surface area contributed by atoms with E-state index in [0.29, 0.717) is 11.6 Å². The maximum atomic E-state index is 11.1. The molecule has 88 valence electrons. The lowest BCUT2D eigenvalue weighted by Gasteiger charge is -2.11. The molecular formula is C12H13N3OS. The summed E-state index contributed by atoms with van der Waals surface area (Å²) in [5.41, 5.74) is 2.18.